The molecule has 0 bridgehead atoms. The van der Waals surface area contributed by atoms with Crippen molar-refractivity contribution >= 4 is 38.4 Å². The molecule has 2 aromatic rings. The summed E-state index contributed by atoms with van der Waals surface area (Å²) in [4.78, 5) is 12.9. The monoisotopic (exact) mass is 499 g/mol. The number of hydrogen-bond donors (Lipinski definition) is 1. The molecule has 0 atom stereocenters. The van der Waals surface area contributed by atoms with Gasteiger partial charge in [-0.3, -0.25) is 4.79 Å². The molecule has 1 saturated heterocycles. The van der Waals surface area contributed by atoms with E-state index in [0.717, 1.165) is 59.6 Å². The molecule has 0 saturated carbocycles. The van der Waals surface area contributed by atoms with Crippen LogP contribution in [0.3, 0.4) is 0 Å². The Labute approximate surface area is 220 Å². The van der Waals surface area contributed by atoms with Gasteiger partial charge in [0.25, 0.3) is 10.2 Å². The summed E-state index contributed by atoms with van der Waals surface area (Å²) in [6, 6.07) is 1.03. The molecule has 0 radical (unpaired) electrons. The van der Waals surface area contributed by atoms with E-state index in [2.05, 4.69) is 26.3 Å². The number of anilines is 2. The first-order chi connectivity index (χ1) is 15.4. The number of ether oxygens (including phenoxy) is 1. The average Bonchev–Trinajstić information content (AvgIpc) is 3.49. The first-order valence-corrected chi connectivity index (χ1v) is 13.3. The normalized spacial score (nSPS) is 17.7. The molecule has 172 valence electrons. The van der Waals surface area contributed by atoms with E-state index in [1.54, 1.807) is 6.92 Å². The number of fused-ring (bicyclic) bond motifs is 2. The van der Waals surface area contributed by atoms with Gasteiger partial charge in [0.2, 0.25) is 5.13 Å². The van der Waals surface area contributed by atoms with Gasteiger partial charge in [0.1, 0.15) is 5.01 Å². The fourth-order valence-electron chi connectivity index (χ4n) is 4.98. The molecule has 2 heterocycles. The Kier molecular flexibility index (Phi) is 7.66. The fourth-order valence-corrected chi connectivity index (χ4v) is 7.21. The maximum Gasteiger partial charge on any atom is 1.00 e. The van der Waals surface area contributed by atoms with Gasteiger partial charge < -0.3 is 14.8 Å². The van der Waals surface area contributed by atoms with Crippen molar-refractivity contribution in [2.75, 3.05) is 22.8 Å². The van der Waals surface area contributed by atoms with E-state index in [1.807, 2.05) is 0 Å². The number of aromatic nitrogens is 2. The van der Waals surface area contributed by atoms with Gasteiger partial charge in [-0.25, -0.2) is 12.7 Å². The molecule has 1 fully saturated rings. The van der Waals surface area contributed by atoms with Crippen molar-refractivity contribution in [3.05, 3.63) is 38.0 Å². The van der Waals surface area contributed by atoms with Crippen LogP contribution < -0.4 is 39.2 Å². The zero-order chi connectivity index (χ0) is 22.3. The summed E-state index contributed by atoms with van der Waals surface area (Å²) in [6.07, 6.45) is 6.88. The number of aryl methyl sites for hydroxylation is 3. The summed E-state index contributed by atoms with van der Waals surface area (Å²) in [5.41, 5.74) is 5.56. The molecule has 1 N–H and O–H groups in total. The molecule has 9 nitrogen and oxygen atoms in total. The van der Waals surface area contributed by atoms with Crippen LogP contribution in [0.2, 0.25) is 0 Å². The Hall–Kier alpha value is -1.24. The van der Waals surface area contributed by atoms with Crippen LogP contribution in [0, 0.1) is 6.92 Å². The fraction of sp³-hybridized carbons (Fsp3) is 0.571. The van der Waals surface area contributed by atoms with Crippen molar-refractivity contribution in [3.63, 3.8) is 0 Å². The Morgan fingerprint density at radius 3 is 2.33 bits per heavy atom. The molecule has 2 amide bonds. The maximum absolute atomic E-state index is 13.3. The van der Waals surface area contributed by atoms with Gasteiger partial charge in [0.15, 0.2) is 6.03 Å². The van der Waals surface area contributed by atoms with Crippen molar-refractivity contribution in [2.24, 2.45) is 0 Å². The van der Waals surface area contributed by atoms with Gasteiger partial charge in [0.05, 0.1) is 6.04 Å². The minimum atomic E-state index is -4.31. The van der Waals surface area contributed by atoms with Crippen LogP contribution in [0.5, 0.6) is 0 Å². The van der Waals surface area contributed by atoms with Crippen LogP contribution in [0.1, 0.15) is 52.9 Å². The summed E-state index contributed by atoms with van der Waals surface area (Å²) >= 11 is 1.17. The molecule has 1 aliphatic heterocycles. The molecular weight excluding hydrogens is 473 g/mol. The third-order valence-corrected chi connectivity index (χ3v) is 8.70. The molecule has 0 unspecified atom stereocenters. The Balaban J connectivity index is 0.00000259. The number of urea groups is 1. The average molecular weight is 500 g/mol. The zero-order valence-corrected chi connectivity index (χ0v) is 22.6. The minimum absolute atomic E-state index is 0. The smallest absolute Gasteiger partial charge is 0.423 e. The molecule has 3 aliphatic rings. The SMILES string of the molecule is Cc1nnc(N(C2CCOCC2)S(=O)(=O)[N-]C(=O)Nc2c3c(cc4c2CCC4)CCC3)s1.[Na+]. The number of benzene rings is 1. The minimum Gasteiger partial charge on any atom is -0.423 e. The predicted molar refractivity (Wildman–Crippen MR) is 123 cm³/mol. The van der Waals surface area contributed by atoms with Crippen LogP contribution in [-0.2, 0) is 40.6 Å². The second-order valence-corrected chi connectivity index (χ2v) is 11.1. The van der Waals surface area contributed by atoms with E-state index in [-0.39, 0.29) is 40.7 Å². The maximum atomic E-state index is 13.3. The second-order valence-electron chi connectivity index (χ2n) is 8.48. The van der Waals surface area contributed by atoms with Crippen molar-refractivity contribution in [2.45, 2.75) is 64.3 Å². The Morgan fingerprint density at radius 2 is 1.76 bits per heavy atom. The third kappa shape index (κ3) is 5.08. The molecule has 1 aromatic heterocycles. The Morgan fingerprint density at radius 1 is 1.12 bits per heavy atom. The van der Waals surface area contributed by atoms with Crippen molar-refractivity contribution in [1.82, 2.24) is 10.2 Å². The van der Waals surface area contributed by atoms with E-state index < -0.39 is 16.2 Å². The van der Waals surface area contributed by atoms with Crippen molar-refractivity contribution in [1.29, 1.82) is 0 Å². The van der Waals surface area contributed by atoms with Crippen LogP contribution in [-0.4, -0.2) is 43.9 Å². The quantitative estimate of drug-likeness (QED) is 0.605. The van der Waals surface area contributed by atoms with E-state index in [9.17, 15) is 13.2 Å². The summed E-state index contributed by atoms with van der Waals surface area (Å²) in [5, 5.41) is 11.7. The van der Waals surface area contributed by atoms with Crippen LogP contribution in [0.4, 0.5) is 15.6 Å². The Bertz CT molecular complexity index is 1120. The first-order valence-electron chi connectivity index (χ1n) is 11.0. The van der Waals surface area contributed by atoms with Crippen LogP contribution in [0.25, 0.3) is 4.72 Å². The number of nitrogens with zero attached hydrogens (tertiary/aromatic N) is 4. The molecule has 33 heavy (non-hydrogen) atoms. The molecular formula is C21H26N5NaO4S2. The third-order valence-electron chi connectivity index (χ3n) is 6.38. The number of nitrogens with one attached hydrogen (secondary N) is 1. The summed E-state index contributed by atoms with van der Waals surface area (Å²) in [7, 11) is -4.31. The van der Waals surface area contributed by atoms with E-state index >= 15 is 0 Å². The molecule has 12 heteroatoms. The van der Waals surface area contributed by atoms with Gasteiger partial charge >= 0.3 is 29.6 Å². The summed E-state index contributed by atoms with van der Waals surface area (Å²) in [6.45, 7) is 2.66. The number of carbonyl (C=O) groups excluding carboxylic acids is 1. The van der Waals surface area contributed by atoms with Crippen molar-refractivity contribution < 1.29 is 47.5 Å². The molecule has 5 rings (SSSR count). The van der Waals surface area contributed by atoms with Gasteiger partial charge in [-0.05, 0) is 86.2 Å². The second kappa shape index (κ2) is 10.2. The largest absolute Gasteiger partial charge is 1.00 e. The van der Waals surface area contributed by atoms with E-state index in [4.69, 9.17) is 4.74 Å². The summed E-state index contributed by atoms with van der Waals surface area (Å²) in [5.74, 6) is 0. The molecule has 2 aliphatic carbocycles. The number of rotatable bonds is 5. The van der Waals surface area contributed by atoms with Gasteiger partial charge in [0, 0.05) is 13.2 Å². The zero-order valence-electron chi connectivity index (χ0n) is 19.0. The van der Waals surface area contributed by atoms with Crippen LogP contribution >= 0.6 is 11.3 Å². The topological polar surface area (TPSA) is 116 Å². The number of hydrogen-bond acceptors (Lipinski definition) is 7. The van der Waals surface area contributed by atoms with E-state index in [0.29, 0.717) is 31.1 Å². The summed E-state index contributed by atoms with van der Waals surface area (Å²) < 4.78 is 36.8. The first kappa shape index (κ1) is 24.9. The van der Waals surface area contributed by atoms with Gasteiger partial charge in [-0.1, -0.05) is 17.4 Å². The number of carbonyl (C=O) groups is 1. The van der Waals surface area contributed by atoms with Gasteiger partial charge in [-0.15, -0.1) is 10.2 Å². The number of amides is 2. The predicted octanol–water partition coefficient (Wildman–Crippen LogP) is 0.664. The molecule has 1 aromatic carbocycles. The molecule has 0 spiro atoms. The van der Waals surface area contributed by atoms with Crippen LogP contribution in [0.15, 0.2) is 6.07 Å². The van der Waals surface area contributed by atoms with Crippen molar-refractivity contribution in [3.8, 4) is 0 Å². The van der Waals surface area contributed by atoms with E-state index in [1.165, 1.54) is 22.5 Å². The standard InChI is InChI=1S/C21H27N5O4S2.Na/c1-13-23-24-21(31-13)26(16-8-10-30-11-9-16)32(28,29)25-20(27)22-19-17-6-2-4-14(17)12-15-5-3-7-18(15)19;/h12,16H,2-11H2,1H3,(H2,22,25,27);/q;+1/p-1. The van der Waals surface area contributed by atoms with Gasteiger partial charge in [-0.2, -0.15) is 0 Å².